The predicted octanol–water partition coefficient (Wildman–Crippen LogP) is 3.77. The number of benzene rings is 1. The highest BCUT2D eigenvalue weighted by Crippen LogP contribution is 2.35. The molecule has 6 heterocycles. The Morgan fingerprint density at radius 1 is 0.963 bits per heavy atom. The number of nitrogens with zero attached hydrogens (tertiary/aromatic N) is 8. The van der Waals surface area contributed by atoms with Gasteiger partial charge in [-0.3, -0.25) is 29.4 Å². The van der Waals surface area contributed by atoms with Crippen molar-refractivity contribution in [1.29, 1.82) is 0 Å². The van der Waals surface area contributed by atoms with E-state index in [0.717, 1.165) is 99.3 Å². The zero-order chi connectivity index (χ0) is 37.3. The van der Waals surface area contributed by atoms with Crippen LogP contribution in [0.4, 0.5) is 23.1 Å². The average Bonchev–Trinajstić information content (AvgIpc) is 3.91. The molecule has 4 aromatic rings. The molecule has 282 valence electrons. The summed E-state index contributed by atoms with van der Waals surface area (Å²) >= 11 is 0. The fourth-order valence-corrected chi connectivity index (χ4v) is 8.21. The quantitative estimate of drug-likeness (QED) is 0.152. The Labute approximate surface area is 314 Å². The van der Waals surface area contributed by atoms with Crippen LogP contribution in [-0.4, -0.2) is 117 Å². The average molecular weight is 734 g/mol. The highest BCUT2D eigenvalue weighted by Gasteiger charge is 2.39. The first kappa shape index (κ1) is 35.5. The van der Waals surface area contributed by atoms with Crippen LogP contribution < -0.4 is 20.9 Å². The number of pyridine rings is 1. The fourth-order valence-electron chi connectivity index (χ4n) is 8.21. The van der Waals surface area contributed by atoms with Crippen LogP contribution in [0.5, 0.6) is 0 Å². The third-order valence-corrected chi connectivity index (χ3v) is 11.1. The first-order valence-corrected chi connectivity index (χ1v) is 19.0. The summed E-state index contributed by atoms with van der Waals surface area (Å²) in [6.07, 6.45) is 9.64. The number of hydrogen-bond acceptors (Lipinski definition) is 11. The number of piperazine rings is 1. The number of rotatable bonds is 11. The van der Waals surface area contributed by atoms with Crippen molar-refractivity contribution < 1.29 is 19.2 Å². The second-order valence-corrected chi connectivity index (χ2v) is 14.9. The van der Waals surface area contributed by atoms with Crippen LogP contribution in [0.15, 0.2) is 48.8 Å². The number of aromatic nitrogens is 4. The lowest BCUT2D eigenvalue weighted by molar-refractivity contribution is -0.136. The molecule has 54 heavy (non-hydrogen) atoms. The third kappa shape index (κ3) is 7.19. The van der Waals surface area contributed by atoms with E-state index in [4.69, 9.17) is 4.98 Å². The van der Waals surface area contributed by atoms with E-state index in [-0.39, 0.29) is 30.2 Å². The molecule has 0 spiro atoms. The summed E-state index contributed by atoms with van der Waals surface area (Å²) in [7, 11) is 3.55. The molecule has 0 radical (unpaired) electrons. The fraction of sp³-hybridized carbons (Fsp3) is 0.462. The van der Waals surface area contributed by atoms with E-state index in [1.807, 2.05) is 36.5 Å². The molecule has 1 aromatic carbocycles. The molecule has 8 rings (SSSR count). The van der Waals surface area contributed by atoms with E-state index in [1.165, 1.54) is 0 Å². The van der Waals surface area contributed by atoms with Gasteiger partial charge in [-0.25, -0.2) is 9.97 Å². The highest BCUT2D eigenvalue weighted by molar-refractivity contribution is 6.05. The van der Waals surface area contributed by atoms with Crippen molar-refractivity contribution in [3.8, 4) is 0 Å². The molecule has 1 saturated carbocycles. The van der Waals surface area contributed by atoms with Gasteiger partial charge in [0.05, 0.1) is 11.9 Å². The number of carbonyl (C=O) groups is 4. The number of imide groups is 1. The van der Waals surface area contributed by atoms with Gasteiger partial charge >= 0.3 is 0 Å². The summed E-state index contributed by atoms with van der Waals surface area (Å²) in [5, 5.41) is 9.98. The van der Waals surface area contributed by atoms with Crippen LogP contribution in [0, 0.1) is 0 Å². The van der Waals surface area contributed by atoms with E-state index in [0.29, 0.717) is 36.0 Å². The largest absolute Gasteiger partial charge is 0.385 e. The first-order valence-electron chi connectivity index (χ1n) is 19.0. The van der Waals surface area contributed by atoms with Crippen LogP contribution in [0.3, 0.4) is 0 Å². The minimum absolute atomic E-state index is 0.0282. The minimum atomic E-state index is -0.605. The lowest BCUT2D eigenvalue weighted by Crippen LogP contribution is -2.52. The lowest BCUT2D eigenvalue weighted by atomic mass is 10.0. The molecular weight excluding hydrogens is 687 g/mol. The molecule has 4 amide bonds. The zero-order valence-corrected chi connectivity index (χ0v) is 30.9. The Bertz CT molecular complexity index is 2070. The molecule has 3 aliphatic heterocycles. The Morgan fingerprint density at radius 2 is 1.78 bits per heavy atom. The first-order chi connectivity index (χ1) is 26.2. The van der Waals surface area contributed by atoms with Crippen molar-refractivity contribution in [3.05, 3.63) is 65.6 Å². The molecule has 15 nitrogen and oxygen atoms in total. The lowest BCUT2D eigenvalue weighted by Gasteiger charge is -2.36. The van der Waals surface area contributed by atoms with E-state index < -0.39 is 11.9 Å². The Morgan fingerprint density at radius 3 is 2.52 bits per heavy atom. The van der Waals surface area contributed by atoms with Crippen LogP contribution in [-0.2, 0) is 16.1 Å². The van der Waals surface area contributed by atoms with Gasteiger partial charge in [-0.05, 0) is 74.2 Å². The van der Waals surface area contributed by atoms with Crippen molar-refractivity contribution in [2.24, 2.45) is 0 Å². The molecule has 15 heteroatoms. The number of anilines is 4. The maximum absolute atomic E-state index is 13.0. The maximum Gasteiger partial charge on any atom is 0.270 e. The molecule has 3 aromatic heterocycles. The van der Waals surface area contributed by atoms with Crippen molar-refractivity contribution in [3.63, 3.8) is 0 Å². The van der Waals surface area contributed by atoms with E-state index in [9.17, 15) is 19.2 Å². The van der Waals surface area contributed by atoms with Gasteiger partial charge < -0.3 is 29.9 Å². The van der Waals surface area contributed by atoms with Gasteiger partial charge in [-0.15, -0.1) is 0 Å². The third-order valence-electron chi connectivity index (χ3n) is 11.1. The number of piperidine rings is 1. The summed E-state index contributed by atoms with van der Waals surface area (Å²) in [4.78, 5) is 72.1. The van der Waals surface area contributed by atoms with Crippen molar-refractivity contribution in [2.45, 2.75) is 63.6 Å². The van der Waals surface area contributed by atoms with Gasteiger partial charge in [0.15, 0.2) is 0 Å². The van der Waals surface area contributed by atoms with Gasteiger partial charge in [0.2, 0.25) is 17.8 Å². The number of amides is 4. The summed E-state index contributed by atoms with van der Waals surface area (Å²) < 4.78 is 2.11. The molecule has 1 atom stereocenters. The van der Waals surface area contributed by atoms with Gasteiger partial charge in [-0.1, -0.05) is 12.8 Å². The van der Waals surface area contributed by atoms with E-state index >= 15 is 0 Å². The molecule has 2 saturated heterocycles. The van der Waals surface area contributed by atoms with Crippen molar-refractivity contribution >= 4 is 57.8 Å². The SMILES string of the molecule is CN(C)C(=O)c1cc2cnc(Nc3ccc(N4CCN(CCCNc5ccc6c(c5)CN(C5CCC(=O)NC5=O)C6=O)CC4)cn3)nc2n1C1CCCC1. The maximum atomic E-state index is 13.0. The van der Waals surface area contributed by atoms with Crippen LogP contribution in [0.25, 0.3) is 11.0 Å². The van der Waals surface area contributed by atoms with Crippen LogP contribution in [0.1, 0.15) is 77.4 Å². The smallest absolute Gasteiger partial charge is 0.270 e. The van der Waals surface area contributed by atoms with Gasteiger partial charge in [-0.2, -0.15) is 4.98 Å². The topological polar surface area (TPSA) is 161 Å². The summed E-state index contributed by atoms with van der Waals surface area (Å²) in [6.45, 7) is 5.91. The molecule has 3 N–H and O–H groups in total. The zero-order valence-electron chi connectivity index (χ0n) is 30.9. The Kier molecular flexibility index (Phi) is 9.88. The van der Waals surface area contributed by atoms with Gasteiger partial charge in [0.25, 0.3) is 11.8 Å². The van der Waals surface area contributed by atoms with E-state index in [2.05, 4.69) is 46.4 Å². The predicted molar refractivity (Wildman–Crippen MR) is 205 cm³/mol. The van der Waals surface area contributed by atoms with Crippen molar-refractivity contribution in [2.75, 3.05) is 68.9 Å². The van der Waals surface area contributed by atoms with Gasteiger partial charge in [0.1, 0.15) is 23.2 Å². The summed E-state index contributed by atoms with van der Waals surface area (Å²) in [5.74, 6) is 0.253. The van der Waals surface area contributed by atoms with E-state index in [1.54, 1.807) is 30.1 Å². The molecule has 0 bridgehead atoms. The second kappa shape index (κ2) is 15.0. The molecular formula is C39H47N11O4. The molecule has 3 fully saturated rings. The monoisotopic (exact) mass is 733 g/mol. The number of fused-ring (bicyclic) bond motifs is 2. The Hall–Kier alpha value is -5.57. The number of carbonyl (C=O) groups excluding carboxylic acids is 4. The second-order valence-electron chi connectivity index (χ2n) is 14.9. The standard InChI is InChI=1S/C39H47N11O4/c1-46(2)38(54)32-21-25-22-42-39(45-35(25)50(32)28-6-3-4-7-28)43-33-12-9-29(23-41-33)48-18-16-47(17-19-48)15-5-14-40-27-8-10-30-26(20-27)24-49(37(30)53)31-11-13-34(51)44-36(31)52/h8-10,12,20-23,28,31,40H,3-7,11,13-19,24H2,1-2H3,(H,44,51,52)(H,41,42,43,45). The van der Waals surface area contributed by atoms with Gasteiger partial charge in [0, 0.05) is 88.7 Å². The molecule has 1 unspecified atom stereocenters. The number of hydrogen-bond donors (Lipinski definition) is 3. The van der Waals surface area contributed by atoms with Crippen LogP contribution >= 0.6 is 0 Å². The Balaban J connectivity index is 0.802. The number of nitrogens with one attached hydrogen (secondary N) is 3. The summed E-state index contributed by atoms with van der Waals surface area (Å²) in [5.41, 5.74) is 4.98. The highest BCUT2D eigenvalue weighted by atomic mass is 16.2. The normalized spacial score (nSPS) is 19.4. The van der Waals surface area contributed by atoms with Crippen molar-refractivity contribution in [1.82, 2.24) is 39.5 Å². The molecule has 4 aliphatic rings. The minimum Gasteiger partial charge on any atom is -0.385 e. The van der Waals surface area contributed by atoms with Crippen LogP contribution in [0.2, 0.25) is 0 Å². The summed E-state index contributed by atoms with van der Waals surface area (Å²) in [6, 6.07) is 11.3. The molecule has 1 aliphatic carbocycles.